The van der Waals surface area contributed by atoms with Crippen LogP contribution in [0.1, 0.15) is 20.3 Å². The van der Waals surface area contributed by atoms with E-state index in [1.807, 2.05) is 18.2 Å². The minimum atomic E-state index is 0. The van der Waals surface area contributed by atoms with Gasteiger partial charge in [0, 0.05) is 12.4 Å². The predicted octanol–water partition coefficient (Wildman–Crippen LogP) is 3.50. The minimum Gasteiger partial charge on any atom is -0.344 e. The maximum absolute atomic E-state index is 3.78. The molecule has 0 amide bonds. The molecule has 12 heavy (non-hydrogen) atoms. The zero-order valence-electron chi connectivity index (χ0n) is 7.56. The van der Waals surface area contributed by atoms with Gasteiger partial charge in [-0.1, -0.05) is 26.3 Å². The first-order valence-corrected chi connectivity index (χ1v) is 3.26. The first-order chi connectivity index (χ1) is 4.41. The van der Waals surface area contributed by atoms with E-state index in [1.54, 1.807) is 12.4 Å². The third-order valence-corrected chi connectivity index (χ3v) is 0.566. The second kappa shape index (κ2) is 22.4. The molecule has 74 valence electrons. The Kier molecular flexibility index (Phi) is 42.2. The number of rotatable bonds is 0. The van der Waals surface area contributed by atoms with Gasteiger partial charge in [0.15, 0.2) is 0 Å². The van der Waals surface area contributed by atoms with Crippen LogP contribution < -0.4 is 6.15 Å². The number of halogens is 2. The average Bonchev–Trinajstić information content (AvgIpc) is 1.93. The Balaban J connectivity index is -0.0000000489. The largest absolute Gasteiger partial charge is 0.344 e. The van der Waals surface area contributed by atoms with Gasteiger partial charge in [0.2, 0.25) is 0 Å². The lowest BCUT2D eigenvalue weighted by Crippen LogP contribution is -1.58. The Bertz CT molecular complexity index is 97.9. The summed E-state index contributed by atoms with van der Waals surface area (Å²) >= 11 is 0. The van der Waals surface area contributed by atoms with Crippen LogP contribution in [-0.2, 0) is 0 Å². The van der Waals surface area contributed by atoms with E-state index in [-0.39, 0.29) is 31.0 Å². The molecule has 1 aromatic heterocycles. The van der Waals surface area contributed by atoms with E-state index in [9.17, 15) is 0 Å². The highest BCUT2D eigenvalue weighted by Crippen LogP contribution is 1.73. The first kappa shape index (κ1) is 22.6. The van der Waals surface area contributed by atoms with Gasteiger partial charge in [0.25, 0.3) is 0 Å². The van der Waals surface area contributed by atoms with Crippen LogP contribution in [0.3, 0.4) is 0 Å². The lowest BCUT2D eigenvalue weighted by molar-refractivity contribution is 1.09. The summed E-state index contributed by atoms with van der Waals surface area (Å²) in [6.45, 7) is 4.25. The van der Waals surface area contributed by atoms with Crippen molar-refractivity contribution >= 4 is 24.8 Å². The molecular formula is C8H18Cl2N2. The summed E-state index contributed by atoms with van der Waals surface area (Å²) < 4.78 is 0. The third kappa shape index (κ3) is 22.6. The SMILES string of the molecule is CCC.Cl.Cl.N.c1ccncc1. The molecule has 3 N–H and O–H groups in total. The number of nitrogens with zero attached hydrogens (tertiary/aromatic N) is 1. The molecule has 0 spiro atoms. The molecule has 0 fully saturated rings. The molecule has 2 nitrogen and oxygen atoms in total. The Morgan fingerprint density at radius 3 is 1.33 bits per heavy atom. The van der Waals surface area contributed by atoms with Gasteiger partial charge in [-0.05, 0) is 12.1 Å². The predicted molar refractivity (Wildman–Crippen MR) is 59.7 cm³/mol. The number of pyridine rings is 1. The molecule has 0 atom stereocenters. The molecule has 0 aliphatic heterocycles. The lowest BCUT2D eigenvalue weighted by atomic mass is 10.5. The van der Waals surface area contributed by atoms with E-state index >= 15 is 0 Å². The molecule has 1 aromatic rings. The van der Waals surface area contributed by atoms with Gasteiger partial charge < -0.3 is 6.15 Å². The molecule has 0 radical (unpaired) electrons. The van der Waals surface area contributed by atoms with Crippen LogP contribution in [0.2, 0.25) is 0 Å². The normalized spacial score (nSPS) is 5.50. The molecular weight excluding hydrogens is 195 g/mol. The second-order valence-electron chi connectivity index (χ2n) is 1.73. The fraction of sp³-hybridized carbons (Fsp3) is 0.375. The molecule has 0 saturated carbocycles. The highest BCUT2D eigenvalue weighted by Gasteiger charge is 1.58. The van der Waals surface area contributed by atoms with Crippen molar-refractivity contribution in [3.8, 4) is 0 Å². The molecule has 0 aliphatic rings. The summed E-state index contributed by atoms with van der Waals surface area (Å²) in [5, 5.41) is 0. The third-order valence-electron chi connectivity index (χ3n) is 0.566. The average molecular weight is 213 g/mol. The zero-order valence-corrected chi connectivity index (χ0v) is 9.20. The maximum atomic E-state index is 3.78. The van der Waals surface area contributed by atoms with E-state index < -0.39 is 0 Å². The standard InChI is InChI=1S/C5H5N.C3H8.2ClH.H3N/c1-2-4-6-5-3-1;1-3-2;;;/h1-5H;3H2,1-2H3;2*1H;1H3. The van der Waals surface area contributed by atoms with Crippen molar-refractivity contribution in [1.29, 1.82) is 0 Å². The fourth-order valence-corrected chi connectivity index (χ4v) is 0.313. The van der Waals surface area contributed by atoms with Crippen molar-refractivity contribution in [2.24, 2.45) is 0 Å². The van der Waals surface area contributed by atoms with Crippen molar-refractivity contribution in [2.45, 2.75) is 20.3 Å². The zero-order chi connectivity index (χ0) is 6.95. The minimum absolute atomic E-state index is 0. The van der Waals surface area contributed by atoms with Crippen molar-refractivity contribution in [2.75, 3.05) is 0 Å². The van der Waals surface area contributed by atoms with Crippen LogP contribution in [0, 0.1) is 0 Å². The van der Waals surface area contributed by atoms with E-state index in [4.69, 9.17) is 0 Å². The van der Waals surface area contributed by atoms with Gasteiger partial charge >= 0.3 is 0 Å². The van der Waals surface area contributed by atoms with Crippen LogP contribution in [0.5, 0.6) is 0 Å². The highest BCUT2D eigenvalue weighted by molar-refractivity contribution is 5.85. The van der Waals surface area contributed by atoms with E-state index in [1.165, 1.54) is 6.42 Å². The molecule has 0 saturated heterocycles. The summed E-state index contributed by atoms with van der Waals surface area (Å²) in [5.41, 5.74) is 0. The van der Waals surface area contributed by atoms with Crippen molar-refractivity contribution in [3.63, 3.8) is 0 Å². The molecule has 4 heteroatoms. The van der Waals surface area contributed by atoms with E-state index in [2.05, 4.69) is 18.8 Å². The monoisotopic (exact) mass is 212 g/mol. The molecule has 0 aliphatic carbocycles. The molecule has 1 rings (SSSR count). The second-order valence-corrected chi connectivity index (χ2v) is 1.73. The Morgan fingerprint density at radius 1 is 0.917 bits per heavy atom. The number of aromatic nitrogens is 1. The summed E-state index contributed by atoms with van der Waals surface area (Å²) in [5.74, 6) is 0. The van der Waals surface area contributed by atoms with Gasteiger partial charge in [-0.3, -0.25) is 4.98 Å². The van der Waals surface area contributed by atoms with Crippen LogP contribution in [0.25, 0.3) is 0 Å². The Labute approximate surface area is 87.2 Å². The summed E-state index contributed by atoms with van der Waals surface area (Å²) in [7, 11) is 0. The van der Waals surface area contributed by atoms with E-state index in [0.717, 1.165) is 0 Å². The van der Waals surface area contributed by atoms with Crippen LogP contribution >= 0.6 is 24.8 Å². The maximum Gasteiger partial charge on any atom is 0.0267 e. The first-order valence-electron chi connectivity index (χ1n) is 3.26. The topological polar surface area (TPSA) is 47.9 Å². The van der Waals surface area contributed by atoms with Gasteiger partial charge in [0.05, 0.1) is 0 Å². The van der Waals surface area contributed by atoms with Gasteiger partial charge in [-0.25, -0.2) is 0 Å². The molecule has 0 unspecified atom stereocenters. The summed E-state index contributed by atoms with van der Waals surface area (Å²) in [6.07, 6.45) is 4.75. The lowest BCUT2D eigenvalue weighted by Gasteiger charge is -1.70. The van der Waals surface area contributed by atoms with Crippen molar-refractivity contribution in [3.05, 3.63) is 30.6 Å². The van der Waals surface area contributed by atoms with Gasteiger partial charge in [-0.15, -0.1) is 24.8 Å². The molecule has 1 heterocycles. The summed E-state index contributed by atoms with van der Waals surface area (Å²) in [4.78, 5) is 3.78. The van der Waals surface area contributed by atoms with Gasteiger partial charge in [0.1, 0.15) is 0 Å². The van der Waals surface area contributed by atoms with E-state index in [0.29, 0.717) is 0 Å². The molecule has 0 aromatic carbocycles. The highest BCUT2D eigenvalue weighted by atomic mass is 35.5. The molecule has 0 bridgehead atoms. The Morgan fingerprint density at radius 2 is 1.25 bits per heavy atom. The van der Waals surface area contributed by atoms with Crippen LogP contribution in [-0.4, -0.2) is 4.98 Å². The fourth-order valence-electron chi connectivity index (χ4n) is 0.313. The van der Waals surface area contributed by atoms with Crippen LogP contribution in [0.4, 0.5) is 0 Å². The van der Waals surface area contributed by atoms with Crippen molar-refractivity contribution < 1.29 is 0 Å². The summed E-state index contributed by atoms with van der Waals surface area (Å²) in [6, 6.07) is 5.72. The Hall–Kier alpha value is -0.310. The van der Waals surface area contributed by atoms with Gasteiger partial charge in [-0.2, -0.15) is 0 Å². The van der Waals surface area contributed by atoms with Crippen molar-refractivity contribution in [1.82, 2.24) is 11.1 Å². The smallest absolute Gasteiger partial charge is 0.0267 e. The quantitative estimate of drug-likeness (QED) is 0.716. The number of hydrogen-bond acceptors (Lipinski definition) is 2. The number of hydrogen-bond donors (Lipinski definition) is 1. The van der Waals surface area contributed by atoms with Crippen LogP contribution in [0.15, 0.2) is 30.6 Å².